The lowest BCUT2D eigenvalue weighted by molar-refractivity contribution is 0.0601. The summed E-state index contributed by atoms with van der Waals surface area (Å²) >= 11 is 0. The van der Waals surface area contributed by atoms with E-state index in [0.29, 0.717) is 12.2 Å². The van der Waals surface area contributed by atoms with Gasteiger partial charge >= 0.3 is 5.97 Å². The maximum atomic E-state index is 13.2. The monoisotopic (exact) mass is 291 g/mol. The van der Waals surface area contributed by atoms with E-state index in [1.165, 1.54) is 31.4 Å². The summed E-state index contributed by atoms with van der Waals surface area (Å²) in [5.74, 6) is -1.43. The van der Waals surface area contributed by atoms with Crippen LogP contribution in [-0.2, 0) is 11.3 Å². The van der Waals surface area contributed by atoms with Gasteiger partial charge in [0.1, 0.15) is 11.6 Å². The van der Waals surface area contributed by atoms with Crippen LogP contribution in [0.15, 0.2) is 36.4 Å². The second kappa shape index (κ2) is 6.35. The molecule has 21 heavy (non-hydrogen) atoms. The van der Waals surface area contributed by atoms with Gasteiger partial charge < -0.3 is 10.1 Å². The molecule has 110 valence electrons. The zero-order valence-electron chi connectivity index (χ0n) is 11.7. The van der Waals surface area contributed by atoms with Crippen molar-refractivity contribution >= 4 is 11.7 Å². The Hall–Kier alpha value is -2.43. The van der Waals surface area contributed by atoms with Crippen molar-refractivity contribution in [3.63, 3.8) is 0 Å². The molecular formula is C16H15F2NO2. The number of hydrogen-bond acceptors (Lipinski definition) is 3. The lowest BCUT2D eigenvalue weighted by Gasteiger charge is -2.12. The molecule has 2 aromatic rings. The van der Waals surface area contributed by atoms with Crippen LogP contribution < -0.4 is 5.32 Å². The molecule has 0 aromatic heterocycles. The number of rotatable bonds is 4. The molecule has 0 radical (unpaired) electrons. The van der Waals surface area contributed by atoms with Gasteiger partial charge in [0.25, 0.3) is 0 Å². The van der Waals surface area contributed by atoms with E-state index in [0.717, 1.165) is 17.2 Å². The van der Waals surface area contributed by atoms with Crippen LogP contribution in [0.4, 0.5) is 14.5 Å². The molecule has 0 heterocycles. The standard InChI is InChI=1S/C16H15F2NO2/c1-10-7-12(17)4-3-11(10)9-19-15-6-5-13(18)8-14(15)16(20)21-2/h3-8,19H,9H2,1-2H3. The van der Waals surface area contributed by atoms with Crippen LogP contribution >= 0.6 is 0 Å². The van der Waals surface area contributed by atoms with Crippen LogP contribution in [-0.4, -0.2) is 13.1 Å². The van der Waals surface area contributed by atoms with Gasteiger partial charge in [-0.05, 0) is 48.4 Å². The summed E-state index contributed by atoms with van der Waals surface area (Å²) < 4.78 is 30.9. The molecule has 0 aliphatic carbocycles. The molecule has 0 spiro atoms. The molecule has 0 amide bonds. The Labute approximate surface area is 121 Å². The number of carbonyl (C=O) groups is 1. The first-order chi connectivity index (χ1) is 10.0. The normalized spacial score (nSPS) is 10.3. The minimum Gasteiger partial charge on any atom is -0.465 e. The lowest BCUT2D eigenvalue weighted by atomic mass is 10.1. The Kier molecular flexibility index (Phi) is 4.52. The van der Waals surface area contributed by atoms with Crippen molar-refractivity contribution in [3.8, 4) is 0 Å². The molecule has 0 saturated heterocycles. The molecule has 2 aromatic carbocycles. The summed E-state index contributed by atoms with van der Waals surface area (Å²) in [6.07, 6.45) is 0. The highest BCUT2D eigenvalue weighted by atomic mass is 19.1. The van der Waals surface area contributed by atoms with Crippen molar-refractivity contribution in [2.45, 2.75) is 13.5 Å². The third-order valence-corrected chi connectivity index (χ3v) is 3.16. The maximum Gasteiger partial charge on any atom is 0.340 e. The lowest BCUT2D eigenvalue weighted by Crippen LogP contribution is -2.09. The predicted molar refractivity (Wildman–Crippen MR) is 76.2 cm³/mol. The number of nitrogens with one attached hydrogen (secondary N) is 1. The van der Waals surface area contributed by atoms with Gasteiger partial charge in [-0.3, -0.25) is 0 Å². The van der Waals surface area contributed by atoms with E-state index in [1.807, 2.05) is 0 Å². The maximum absolute atomic E-state index is 13.2. The van der Waals surface area contributed by atoms with E-state index in [9.17, 15) is 13.6 Å². The molecule has 0 saturated carbocycles. The fourth-order valence-corrected chi connectivity index (χ4v) is 2.00. The van der Waals surface area contributed by atoms with Crippen LogP contribution in [0, 0.1) is 18.6 Å². The van der Waals surface area contributed by atoms with Crippen LogP contribution in [0.1, 0.15) is 21.5 Å². The van der Waals surface area contributed by atoms with E-state index in [2.05, 4.69) is 10.1 Å². The van der Waals surface area contributed by atoms with E-state index in [-0.39, 0.29) is 11.4 Å². The Morgan fingerprint density at radius 1 is 1.14 bits per heavy atom. The van der Waals surface area contributed by atoms with E-state index in [4.69, 9.17) is 0 Å². The van der Waals surface area contributed by atoms with Crippen molar-refractivity contribution in [2.75, 3.05) is 12.4 Å². The Bertz CT molecular complexity index is 671. The number of esters is 1. The molecule has 0 aliphatic rings. The fraction of sp³-hybridized carbons (Fsp3) is 0.188. The van der Waals surface area contributed by atoms with Gasteiger partial charge in [-0.2, -0.15) is 0 Å². The fourth-order valence-electron chi connectivity index (χ4n) is 2.00. The second-order valence-corrected chi connectivity index (χ2v) is 4.61. The van der Waals surface area contributed by atoms with Gasteiger partial charge in [-0.25, -0.2) is 13.6 Å². The number of hydrogen-bond donors (Lipinski definition) is 1. The van der Waals surface area contributed by atoms with E-state index >= 15 is 0 Å². The molecule has 0 atom stereocenters. The zero-order chi connectivity index (χ0) is 15.4. The first-order valence-corrected chi connectivity index (χ1v) is 6.38. The summed E-state index contributed by atoms with van der Waals surface area (Å²) in [5.41, 5.74) is 2.27. The van der Waals surface area contributed by atoms with Gasteiger partial charge in [0.2, 0.25) is 0 Å². The molecular weight excluding hydrogens is 276 g/mol. The average Bonchev–Trinajstić information content (AvgIpc) is 2.46. The summed E-state index contributed by atoms with van der Waals surface area (Å²) in [6, 6.07) is 8.32. The minimum absolute atomic E-state index is 0.122. The number of benzene rings is 2. The van der Waals surface area contributed by atoms with Crippen molar-refractivity contribution in [2.24, 2.45) is 0 Å². The molecule has 5 heteroatoms. The molecule has 0 fully saturated rings. The van der Waals surface area contributed by atoms with Crippen molar-refractivity contribution in [3.05, 3.63) is 64.7 Å². The highest BCUT2D eigenvalue weighted by Gasteiger charge is 2.13. The Morgan fingerprint density at radius 2 is 1.81 bits per heavy atom. The molecule has 3 nitrogen and oxygen atoms in total. The van der Waals surface area contributed by atoms with Crippen LogP contribution in [0.2, 0.25) is 0 Å². The summed E-state index contributed by atoms with van der Waals surface area (Å²) in [7, 11) is 1.24. The molecule has 2 rings (SSSR count). The number of methoxy groups -OCH3 is 1. The second-order valence-electron chi connectivity index (χ2n) is 4.61. The van der Waals surface area contributed by atoms with Crippen molar-refractivity contribution in [1.29, 1.82) is 0 Å². The first kappa shape index (κ1) is 15.0. The van der Waals surface area contributed by atoms with E-state index < -0.39 is 11.8 Å². The number of ether oxygens (including phenoxy) is 1. The number of aryl methyl sites for hydroxylation is 1. The highest BCUT2D eigenvalue weighted by molar-refractivity contribution is 5.95. The quantitative estimate of drug-likeness (QED) is 0.873. The van der Waals surface area contributed by atoms with Gasteiger partial charge in [-0.1, -0.05) is 6.07 Å². The van der Waals surface area contributed by atoms with Crippen molar-refractivity contribution in [1.82, 2.24) is 0 Å². The smallest absolute Gasteiger partial charge is 0.340 e. The van der Waals surface area contributed by atoms with Gasteiger partial charge in [-0.15, -0.1) is 0 Å². The number of halogens is 2. The highest BCUT2D eigenvalue weighted by Crippen LogP contribution is 2.20. The molecule has 0 bridgehead atoms. The third-order valence-electron chi connectivity index (χ3n) is 3.16. The molecule has 1 N–H and O–H groups in total. The van der Waals surface area contributed by atoms with Crippen LogP contribution in [0.3, 0.4) is 0 Å². The minimum atomic E-state index is -0.618. The van der Waals surface area contributed by atoms with Crippen LogP contribution in [0.5, 0.6) is 0 Å². The Balaban J connectivity index is 2.21. The summed E-state index contributed by atoms with van der Waals surface area (Å²) in [6.45, 7) is 2.19. The SMILES string of the molecule is COC(=O)c1cc(F)ccc1NCc1ccc(F)cc1C. The zero-order valence-corrected chi connectivity index (χ0v) is 11.7. The molecule has 0 unspecified atom stereocenters. The summed E-state index contributed by atoms with van der Waals surface area (Å²) in [4.78, 5) is 11.6. The van der Waals surface area contributed by atoms with E-state index in [1.54, 1.807) is 13.0 Å². The third kappa shape index (κ3) is 3.56. The largest absolute Gasteiger partial charge is 0.465 e. The topological polar surface area (TPSA) is 38.3 Å². The average molecular weight is 291 g/mol. The Morgan fingerprint density at radius 3 is 2.48 bits per heavy atom. The number of carbonyl (C=O) groups excluding carboxylic acids is 1. The van der Waals surface area contributed by atoms with Crippen LogP contribution in [0.25, 0.3) is 0 Å². The first-order valence-electron chi connectivity index (χ1n) is 6.38. The summed E-state index contributed by atoms with van der Waals surface area (Å²) in [5, 5.41) is 3.04. The van der Waals surface area contributed by atoms with Gasteiger partial charge in [0.05, 0.1) is 12.7 Å². The van der Waals surface area contributed by atoms with Gasteiger partial charge in [0.15, 0.2) is 0 Å². The van der Waals surface area contributed by atoms with Crippen molar-refractivity contribution < 1.29 is 18.3 Å². The number of anilines is 1. The predicted octanol–water partition coefficient (Wildman–Crippen LogP) is 3.67. The molecule has 0 aliphatic heterocycles. The van der Waals surface area contributed by atoms with Gasteiger partial charge in [0, 0.05) is 12.2 Å².